The highest BCUT2D eigenvalue weighted by Gasteiger charge is 2.59. The minimum atomic E-state index is -2.47. The van der Waals surface area contributed by atoms with Crippen molar-refractivity contribution in [3.05, 3.63) is 71.8 Å². The molecule has 3 aliphatic heterocycles. The molecule has 0 saturated carbocycles. The Hall–Kier alpha value is 0.0738. The molecule has 3 saturated heterocycles. The van der Waals surface area contributed by atoms with E-state index in [0.717, 1.165) is 31.0 Å². The molecule has 6 atom stereocenters. The van der Waals surface area contributed by atoms with Gasteiger partial charge in [0, 0.05) is 11.5 Å². The second-order valence-corrected chi connectivity index (χ2v) is 28.9. The quantitative estimate of drug-likeness (QED) is 0.218. The fourth-order valence-electron chi connectivity index (χ4n) is 6.71. The summed E-state index contributed by atoms with van der Waals surface area (Å²) in [7, 11) is -4.89. The van der Waals surface area contributed by atoms with Crippen molar-refractivity contribution in [3.63, 3.8) is 0 Å². The minimum absolute atomic E-state index is 0.00766. The van der Waals surface area contributed by atoms with Gasteiger partial charge in [-0.2, -0.15) is 0 Å². The fourth-order valence-corrected chi connectivity index (χ4v) is 24.1. The van der Waals surface area contributed by atoms with E-state index in [1.165, 1.54) is 11.1 Å². The van der Waals surface area contributed by atoms with Gasteiger partial charge in [-0.3, -0.25) is 0 Å². The molecule has 0 radical (unpaired) electrons. The van der Waals surface area contributed by atoms with E-state index in [-0.39, 0.29) is 24.1 Å². The van der Waals surface area contributed by atoms with Crippen LogP contribution >= 0.6 is 47.0 Å². The highest BCUT2D eigenvalue weighted by atomic mass is 32.2. The third-order valence-electron chi connectivity index (χ3n) is 9.44. The van der Waals surface area contributed by atoms with Crippen LogP contribution in [-0.4, -0.2) is 72.4 Å². The van der Waals surface area contributed by atoms with Gasteiger partial charge in [-0.1, -0.05) is 116 Å². The Bertz CT molecular complexity index is 1180. The van der Waals surface area contributed by atoms with Gasteiger partial charge in [0.2, 0.25) is 0 Å². The van der Waals surface area contributed by atoms with Gasteiger partial charge in [-0.25, -0.2) is 0 Å². The lowest BCUT2D eigenvalue weighted by Gasteiger charge is -2.51. The van der Waals surface area contributed by atoms with Crippen LogP contribution in [0.1, 0.15) is 79.4 Å². The maximum atomic E-state index is 9.66. The van der Waals surface area contributed by atoms with Crippen molar-refractivity contribution < 1.29 is 23.2 Å². The van der Waals surface area contributed by atoms with Crippen LogP contribution < -0.4 is 0 Å². The Labute approximate surface area is 304 Å². The molecule has 2 aromatic rings. The van der Waals surface area contributed by atoms with Crippen molar-refractivity contribution in [2.45, 2.75) is 134 Å². The molecule has 0 bridgehead atoms. The zero-order chi connectivity index (χ0) is 34.2. The van der Waals surface area contributed by atoms with Crippen molar-refractivity contribution in [2.75, 3.05) is 13.2 Å². The summed E-state index contributed by atoms with van der Waals surface area (Å²) in [6.07, 6.45) is 1.77. The standard InChI is InChI=1S/C24H42O3S2Si2.C12H16O2S2/c1-17(2)30(18(3)4)25-15-23-22(26-31(27-30,19(5)6)20(7)8)14-24(29-23)28-16-21-12-10-9-11-13-21;13-7-11-10(14)6-12(16-11)15-8-9-4-2-1-3-5-9/h9-13,17-20,22-24H,14-16H2,1-8H3;1-5,10-14H,6-8H2/t22-,23+,24?;10-,11+,12?/m00/s1. The Morgan fingerprint density at radius 1 is 0.723 bits per heavy atom. The normalized spacial score (nSPS) is 28.6. The highest BCUT2D eigenvalue weighted by molar-refractivity contribution is 8.17. The number of benzene rings is 2. The summed E-state index contributed by atoms with van der Waals surface area (Å²) in [4.78, 5) is 0. The average Bonchev–Trinajstić information content (AvgIpc) is 3.61. The summed E-state index contributed by atoms with van der Waals surface area (Å²) in [6.45, 7) is 19.3. The van der Waals surface area contributed by atoms with Gasteiger partial charge in [0.1, 0.15) is 0 Å². The Morgan fingerprint density at radius 3 is 1.66 bits per heavy atom. The first-order valence-corrected chi connectivity index (χ1v) is 25.3. The number of thioether (sulfide) groups is 4. The van der Waals surface area contributed by atoms with Gasteiger partial charge in [0.05, 0.1) is 45.1 Å². The van der Waals surface area contributed by atoms with Crippen LogP contribution in [0.5, 0.6) is 0 Å². The molecule has 3 fully saturated rings. The Morgan fingerprint density at radius 2 is 1.21 bits per heavy atom. The summed E-state index contributed by atoms with van der Waals surface area (Å²) in [5.41, 5.74) is 4.34. The monoisotopic (exact) mass is 754 g/mol. The number of hydrogen-bond acceptors (Lipinski definition) is 9. The summed E-state index contributed by atoms with van der Waals surface area (Å²) in [5.74, 6) is 2.03. The van der Waals surface area contributed by atoms with Crippen LogP contribution in [-0.2, 0) is 24.5 Å². The predicted octanol–water partition coefficient (Wildman–Crippen LogP) is 9.81. The van der Waals surface area contributed by atoms with E-state index in [1.54, 1.807) is 11.8 Å². The maximum absolute atomic E-state index is 9.66. The average molecular weight is 755 g/mol. The lowest BCUT2D eigenvalue weighted by atomic mass is 10.2. The third kappa shape index (κ3) is 10.3. The van der Waals surface area contributed by atoms with Crippen molar-refractivity contribution in [2.24, 2.45) is 0 Å². The first kappa shape index (κ1) is 39.9. The van der Waals surface area contributed by atoms with Crippen LogP contribution in [0.15, 0.2) is 60.7 Å². The molecule has 5 rings (SSSR count). The van der Waals surface area contributed by atoms with Crippen molar-refractivity contribution in [1.29, 1.82) is 0 Å². The highest BCUT2D eigenvalue weighted by Crippen LogP contribution is 2.51. The lowest BCUT2D eigenvalue weighted by molar-refractivity contribution is 0.0739. The van der Waals surface area contributed by atoms with Crippen LogP contribution in [0, 0.1) is 0 Å². The minimum Gasteiger partial charge on any atom is -0.414 e. The molecule has 3 heterocycles. The van der Waals surface area contributed by atoms with E-state index >= 15 is 0 Å². The zero-order valence-electron chi connectivity index (χ0n) is 29.5. The van der Waals surface area contributed by atoms with Crippen LogP contribution in [0.2, 0.25) is 22.2 Å². The fraction of sp³-hybridized carbons (Fsp3) is 0.667. The smallest absolute Gasteiger partial charge is 0.334 e. The van der Waals surface area contributed by atoms with Crippen LogP contribution in [0.4, 0.5) is 0 Å². The Kier molecular flexibility index (Phi) is 15.7. The van der Waals surface area contributed by atoms with Gasteiger partial charge in [0.25, 0.3) is 0 Å². The SMILES string of the molecule is CC(C)[Si]1(C(C)C)OC[C@H]2SC(SCc3ccccc3)C[C@@H]2O[Si](C(C)C)(C(C)C)O1.OC[C@H]1SC(SCc2ccccc2)C[C@@H]1O. The summed E-state index contributed by atoms with van der Waals surface area (Å²) in [6, 6.07) is 21.1. The molecule has 11 heteroatoms. The van der Waals surface area contributed by atoms with Gasteiger partial charge in [-0.05, 0) is 46.1 Å². The predicted molar refractivity (Wildman–Crippen MR) is 212 cm³/mol. The molecule has 2 aromatic carbocycles. The van der Waals surface area contributed by atoms with Gasteiger partial charge >= 0.3 is 17.1 Å². The van der Waals surface area contributed by atoms with Gasteiger partial charge in [-0.15, -0.1) is 47.0 Å². The molecule has 47 heavy (non-hydrogen) atoms. The third-order valence-corrected chi connectivity index (χ3v) is 25.9. The number of aliphatic hydroxyl groups is 2. The molecule has 0 spiro atoms. The molecule has 0 aliphatic carbocycles. The first-order chi connectivity index (χ1) is 22.4. The number of hydrogen-bond donors (Lipinski definition) is 2. The topological polar surface area (TPSA) is 68.2 Å². The number of rotatable bonds is 11. The molecule has 5 nitrogen and oxygen atoms in total. The molecule has 3 aliphatic rings. The summed E-state index contributed by atoms with van der Waals surface area (Å²) in [5, 5.41) is 19.1. The molecular formula is C36H58O5S4Si2. The van der Waals surface area contributed by atoms with Crippen molar-refractivity contribution in [1.82, 2.24) is 0 Å². The van der Waals surface area contributed by atoms with E-state index < -0.39 is 17.1 Å². The molecule has 0 aromatic heterocycles. The van der Waals surface area contributed by atoms with E-state index in [2.05, 4.69) is 121 Å². The summed E-state index contributed by atoms with van der Waals surface area (Å²) >= 11 is 7.70. The number of fused-ring (bicyclic) bond motifs is 1. The lowest BCUT2D eigenvalue weighted by Crippen LogP contribution is -2.64. The van der Waals surface area contributed by atoms with Crippen molar-refractivity contribution >= 4 is 64.2 Å². The molecule has 264 valence electrons. The Balaban J connectivity index is 0.000000261. The van der Waals surface area contributed by atoms with Crippen molar-refractivity contribution in [3.8, 4) is 0 Å². The maximum Gasteiger partial charge on any atom is 0.334 e. The van der Waals surface area contributed by atoms with Gasteiger partial charge < -0.3 is 23.2 Å². The van der Waals surface area contributed by atoms with E-state index in [4.69, 9.17) is 18.1 Å². The largest absolute Gasteiger partial charge is 0.414 e. The van der Waals surface area contributed by atoms with E-state index in [9.17, 15) is 5.11 Å². The second kappa shape index (κ2) is 18.5. The molecular weight excluding hydrogens is 697 g/mol. The summed E-state index contributed by atoms with van der Waals surface area (Å²) < 4.78 is 22.4. The zero-order valence-corrected chi connectivity index (χ0v) is 34.8. The van der Waals surface area contributed by atoms with Gasteiger partial charge in [0.15, 0.2) is 0 Å². The second-order valence-electron chi connectivity index (χ2n) is 14.2. The first-order valence-electron chi connectivity index (χ1n) is 17.3. The molecule has 0 amide bonds. The van der Waals surface area contributed by atoms with Crippen LogP contribution in [0.25, 0.3) is 0 Å². The van der Waals surface area contributed by atoms with Crippen LogP contribution in [0.3, 0.4) is 0 Å². The number of aliphatic hydroxyl groups excluding tert-OH is 2. The molecule has 2 N–H and O–H groups in total. The van der Waals surface area contributed by atoms with E-state index in [1.807, 2.05) is 30.0 Å². The van der Waals surface area contributed by atoms with E-state index in [0.29, 0.717) is 36.6 Å². The molecule has 2 unspecified atom stereocenters.